The molecule has 0 bridgehead atoms. The van der Waals surface area contributed by atoms with Gasteiger partial charge in [0.25, 0.3) is 11.3 Å². The van der Waals surface area contributed by atoms with Crippen LogP contribution in [-0.4, -0.2) is 15.2 Å². The lowest BCUT2D eigenvalue weighted by molar-refractivity contribution is -0.105. The molecule has 0 fully saturated rings. The maximum absolute atomic E-state index is 10.7. The topological polar surface area (TPSA) is 78.4 Å². The van der Waals surface area contributed by atoms with E-state index in [0.29, 0.717) is 12.1 Å². The summed E-state index contributed by atoms with van der Waals surface area (Å²) in [6.07, 6.45) is 2.28. The molecule has 0 saturated carbocycles. The zero-order valence-electron chi connectivity index (χ0n) is 11.3. The third kappa shape index (κ3) is 5.02. The molecule has 3 N–H and O–H groups in total. The monoisotopic (exact) mass is 304 g/mol. The van der Waals surface area contributed by atoms with Crippen LogP contribution in [0.1, 0.15) is 11.1 Å². The molecule has 2 rings (SSSR count). The maximum atomic E-state index is 10.7. The highest BCUT2D eigenvalue weighted by molar-refractivity contribution is 7.80. The molecule has 5 nitrogen and oxygen atoms in total. The van der Waals surface area contributed by atoms with Gasteiger partial charge in [0.15, 0.2) is 0 Å². The Balaban J connectivity index is 2.00. The van der Waals surface area contributed by atoms with Crippen molar-refractivity contribution in [3.05, 3.63) is 59.7 Å². The molecule has 0 saturated heterocycles. The first-order chi connectivity index (χ1) is 10.2. The van der Waals surface area contributed by atoms with E-state index in [-0.39, 0.29) is 0 Å². The third-order valence-corrected chi connectivity index (χ3v) is 3.40. The van der Waals surface area contributed by atoms with Crippen LogP contribution in [0.4, 0.5) is 11.4 Å². The van der Waals surface area contributed by atoms with Gasteiger partial charge in [-0.2, -0.15) is 0 Å². The molecule has 0 radical (unpaired) electrons. The fourth-order valence-corrected chi connectivity index (χ4v) is 2.39. The Morgan fingerprint density at radius 3 is 2.14 bits per heavy atom. The first-order valence-corrected chi connectivity index (χ1v) is 7.53. The Hall–Kier alpha value is -2.18. The van der Waals surface area contributed by atoms with E-state index in [4.69, 9.17) is 4.55 Å². The van der Waals surface area contributed by atoms with Crippen molar-refractivity contribution in [1.29, 1.82) is 0 Å². The van der Waals surface area contributed by atoms with Gasteiger partial charge in [0.2, 0.25) is 6.41 Å². The quantitative estimate of drug-likeness (QED) is 0.543. The third-order valence-electron chi connectivity index (χ3n) is 2.99. The van der Waals surface area contributed by atoms with Crippen molar-refractivity contribution >= 4 is 29.1 Å². The fourth-order valence-electron chi connectivity index (χ4n) is 2.06. The predicted octanol–water partition coefficient (Wildman–Crippen LogP) is 2.59. The largest absolute Gasteiger partial charge is 0.329 e. The molecule has 0 aromatic heterocycles. The standard InChI is InChI=1S/C15H16N2O3S/c18-11-16-14-5-1-3-12(9-14)7-8-13-4-2-6-15(10-13)17-21(19)20/h1-6,9-11,17H,7-8H2,(H,16,18)(H,19,20). The van der Waals surface area contributed by atoms with Crippen molar-refractivity contribution in [3.63, 3.8) is 0 Å². The Labute approximate surface area is 125 Å². The van der Waals surface area contributed by atoms with E-state index >= 15 is 0 Å². The molecule has 1 unspecified atom stereocenters. The SMILES string of the molecule is O=CNc1cccc(CCc2cccc(NS(=O)O)c2)c1. The van der Waals surface area contributed by atoms with Crippen LogP contribution in [0.3, 0.4) is 0 Å². The molecule has 21 heavy (non-hydrogen) atoms. The van der Waals surface area contributed by atoms with E-state index in [0.717, 1.165) is 29.7 Å². The molecule has 1 amide bonds. The molecule has 0 heterocycles. The van der Waals surface area contributed by atoms with Crippen molar-refractivity contribution in [3.8, 4) is 0 Å². The highest BCUT2D eigenvalue weighted by Crippen LogP contribution is 2.15. The van der Waals surface area contributed by atoms with Crippen LogP contribution < -0.4 is 10.0 Å². The van der Waals surface area contributed by atoms with Crippen molar-refractivity contribution in [1.82, 2.24) is 0 Å². The van der Waals surface area contributed by atoms with Crippen LogP contribution in [-0.2, 0) is 28.9 Å². The van der Waals surface area contributed by atoms with E-state index in [1.165, 1.54) is 0 Å². The van der Waals surface area contributed by atoms with Crippen LogP contribution in [0.25, 0.3) is 0 Å². The average molecular weight is 304 g/mol. The lowest BCUT2D eigenvalue weighted by Crippen LogP contribution is -2.02. The second kappa shape index (κ2) is 7.56. The van der Waals surface area contributed by atoms with E-state index < -0.39 is 11.3 Å². The second-order valence-corrected chi connectivity index (χ2v) is 5.22. The van der Waals surface area contributed by atoms with Crippen LogP contribution in [0.15, 0.2) is 48.5 Å². The molecule has 0 aliphatic rings. The van der Waals surface area contributed by atoms with Gasteiger partial charge in [-0.05, 0) is 48.2 Å². The molecular formula is C15H16N2O3S. The van der Waals surface area contributed by atoms with Gasteiger partial charge in [-0.25, -0.2) is 4.21 Å². The molecule has 6 heteroatoms. The lowest BCUT2D eigenvalue weighted by atomic mass is 10.0. The van der Waals surface area contributed by atoms with E-state index in [9.17, 15) is 9.00 Å². The number of amides is 1. The van der Waals surface area contributed by atoms with E-state index in [2.05, 4.69) is 10.0 Å². The number of aryl methyl sites for hydroxylation is 2. The van der Waals surface area contributed by atoms with Crippen molar-refractivity contribution in [2.75, 3.05) is 10.0 Å². The van der Waals surface area contributed by atoms with Crippen LogP contribution in [0.2, 0.25) is 0 Å². The number of rotatable bonds is 7. The maximum Gasteiger partial charge on any atom is 0.259 e. The number of benzene rings is 2. The summed E-state index contributed by atoms with van der Waals surface area (Å²) in [7, 11) is 0. The van der Waals surface area contributed by atoms with E-state index in [1.807, 2.05) is 42.5 Å². The Morgan fingerprint density at radius 1 is 1.00 bits per heavy atom. The summed E-state index contributed by atoms with van der Waals surface area (Å²) in [5, 5.41) is 2.62. The molecule has 0 aliphatic carbocycles. The van der Waals surface area contributed by atoms with Gasteiger partial charge in [-0.3, -0.25) is 14.1 Å². The van der Waals surface area contributed by atoms with Gasteiger partial charge in [-0.15, -0.1) is 0 Å². The fraction of sp³-hybridized carbons (Fsp3) is 0.133. The summed E-state index contributed by atoms with van der Waals surface area (Å²) >= 11 is -2.06. The summed E-state index contributed by atoms with van der Waals surface area (Å²) in [6.45, 7) is 0. The van der Waals surface area contributed by atoms with Gasteiger partial charge in [0.1, 0.15) is 0 Å². The number of nitrogens with one attached hydrogen (secondary N) is 2. The first kappa shape index (κ1) is 15.2. The molecule has 0 spiro atoms. The molecular weight excluding hydrogens is 288 g/mol. The van der Waals surface area contributed by atoms with Crippen LogP contribution in [0, 0.1) is 0 Å². The van der Waals surface area contributed by atoms with Crippen molar-refractivity contribution in [2.45, 2.75) is 12.8 Å². The summed E-state index contributed by atoms with van der Waals surface area (Å²) in [5.74, 6) is 0. The van der Waals surface area contributed by atoms with Crippen LogP contribution >= 0.6 is 0 Å². The minimum atomic E-state index is -2.06. The van der Waals surface area contributed by atoms with Gasteiger partial charge in [0, 0.05) is 11.4 Å². The first-order valence-electron chi connectivity index (χ1n) is 6.43. The molecule has 0 aliphatic heterocycles. The molecule has 1 atom stereocenters. The summed E-state index contributed by atoms with van der Waals surface area (Å²) in [4.78, 5) is 10.4. The number of anilines is 2. The van der Waals surface area contributed by atoms with Gasteiger partial charge < -0.3 is 5.32 Å². The van der Waals surface area contributed by atoms with Gasteiger partial charge in [-0.1, -0.05) is 24.3 Å². The second-order valence-electron chi connectivity index (χ2n) is 4.51. The Kier molecular flexibility index (Phi) is 5.48. The summed E-state index contributed by atoms with van der Waals surface area (Å²) in [6, 6.07) is 15.1. The summed E-state index contributed by atoms with van der Waals surface area (Å²) in [5.41, 5.74) is 3.57. The Morgan fingerprint density at radius 2 is 1.57 bits per heavy atom. The smallest absolute Gasteiger partial charge is 0.259 e. The highest BCUT2D eigenvalue weighted by Gasteiger charge is 2.00. The number of carbonyl (C=O) groups excluding carboxylic acids is 1. The molecule has 2 aromatic carbocycles. The van der Waals surface area contributed by atoms with Crippen LogP contribution in [0.5, 0.6) is 0 Å². The summed E-state index contributed by atoms with van der Waals surface area (Å²) < 4.78 is 22.0. The zero-order valence-corrected chi connectivity index (χ0v) is 12.1. The Bertz CT molecular complexity index is 646. The van der Waals surface area contributed by atoms with Crippen molar-refractivity contribution in [2.24, 2.45) is 0 Å². The minimum absolute atomic E-state index is 0.615. The number of hydrogen-bond donors (Lipinski definition) is 3. The zero-order chi connectivity index (χ0) is 15.1. The minimum Gasteiger partial charge on any atom is -0.329 e. The number of carbonyl (C=O) groups is 1. The number of hydrogen-bond acceptors (Lipinski definition) is 2. The normalized spacial score (nSPS) is 11.7. The lowest BCUT2D eigenvalue weighted by Gasteiger charge is -2.07. The van der Waals surface area contributed by atoms with Crippen molar-refractivity contribution < 1.29 is 13.6 Å². The van der Waals surface area contributed by atoms with E-state index in [1.54, 1.807) is 6.07 Å². The highest BCUT2D eigenvalue weighted by atomic mass is 32.2. The average Bonchev–Trinajstić information content (AvgIpc) is 2.46. The molecule has 2 aromatic rings. The molecule has 110 valence electrons. The van der Waals surface area contributed by atoms with Gasteiger partial charge >= 0.3 is 0 Å². The predicted molar refractivity (Wildman–Crippen MR) is 84.4 cm³/mol. The van der Waals surface area contributed by atoms with Gasteiger partial charge in [0.05, 0.1) is 0 Å².